The summed E-state index contributed by atoms with van der Waals surface area (Å²) in [6.45, 7) is 2.22. The van der Waals surface area contributed by atoms with Gasteiger partial charge in [0.1, 0.15) is 18.1 Å². The molecular formula is C21H29N5O6. The zero-order valence-electron chi connectivity index (χ0n) is 17.9. The van der Waals surface area contributed by atoms with Crippen molar-refractivity contribution in [1.82, 2.24) is 20.9 Å². The lowest BCUT2D eigenvalue weighted by molar-refractivity contribution is -0.143. The van der Waals surface area contributed by atoms with Crippen LogP contribution in [0.3, 0.4) is 0 Å². The number of aliphatic hydroxyl groups excluding tert-OH is 1. The third-order valence-electron chi connectivity index (χ3n) is 4.98. The van der Waals surface area contributed by atoms with Crippen LogP contribution in [0.15, 0.2) is 30.5 Å². The highest BCUT2D eigenvalue weighted by atomic mass is 16.4. The number of nitrogens with two attached hydrogens (primary N) is 1. The number of para-hydroxylation sites is 1. The zero-order valence-corrected chi connectivity index (χ0v) is 17.9. The topological polar surface area (TPSA) is 187 Å². The number of H-pyrrole nitrogens is 1. The number of amides is 3. The van der Waals surface area contributed by atoms with E-state index in [0.717, 1.165) is 16.5 Å². The van der Waals surface area contributed by atoms with Crippen LogP contribution >= 0.6 is 0 Å². The first-order valence-electron chi connectivity index (χ1n) is 10.2. The molecule has 1 heterocycles. The number of carbonyl (C=O) groups is 4. The van der Waals surface area contributed by atoms with Gasteiger partial charge in [-0.15, -0.1) is 0 Å². The Morgan fingerprint density at radius 1 is 1.03 bits per heavy atom. The molecule has 32 heavy (non-hydrogen) atoms. The maximum atomic E-state index is 13.0. The summed E-state index contributed by atoms with van der Waals surface area (Å²) in [6, 6.07) is 3.75. The summed E-state index contributed by atoms with van der Waals surface area (Å²) in [5.41, 5.74) is 6.79. The van der Waals surface area contributed by atoms with Crippen molar-refractivity contribution in [2.24, 2.45) is 11.7 Å². The molecule has 0 saturated heterocycles. The van der Waals surface area contributed by atoms with Crippen LogP contribution in [-0.4, -0.2) is 70.2 Å². The minimum atomic E-state index is -1.32. The maximum Gasteiger partial charge on any atom is 0.326 e. The summed E-state index contributed by atoms with van der Waals surface area (Å²) in [5.74, 6) is -3.75. The fraction of sp³-hybridized carbons (Fsp3) is 0.429. The molecule has 3 unspecified atom stereocenters. The van der Waals surface area contributed by atoms with Crippen LogP contribution < -0.4 is 21.7 Å². The minimum Gasteiger partial charge on any atom is -0.480 e. The number of carbonyl (C=O) groups excluding carboxylic acids is 3. The molecule has 1 aromatic heterocycles. The highest BCUT2D eigenvalue weighted by Gasteiger charge is 2.31. The number of aromatic nitrogens is 1. The quantitative estimate of drug-likeness (QED) is 0.227. The van der Waals surface area contributed by atoms with Gasteiger partial charge in [0, 0.05) is 23.5 Å². The Hall–Kier alpha value is -3.44. The van der Waals surface area contributed by atoms with E-state index in [0.29, 0.717) is 0 Å². The number of fused-ring (bicyclic) bond motifs is 1. The van der Waals surface area contributed by atoms with Gasteiger partial charge in [0.2, 0.25) is 17.7 Å². The summed E-state index contributed by atoms with van der Waals surface area (Å²) >= 11 is 0. The lowest BCUT2D eigenvalue weighted by Crippen LogP contribution is -2.58. The van der Waals surface area contributed by atoms with Crippen molar-refractivity contribution < 1.29 is 29.4 Å². The number of aromatic amines is 1. The Labute approximate surface area is 184 Å². The number of hydrogen-bond donors (Lipinski definition) is 7. The SMILES string of the molecule is CC(C)C(NC(=O)C(Cc1c[nH]c2ccccc12)NC(=O)C(CO)NC(=O)CN)C(=O)O. The molecule has 0 aliphatic heterocycles. The van der Waals surface area contributed by atoms with Gasteiger partial charge in [0.15, 0.2) is 0 Å². The van der Waals surface area contributed by atoms with Crippen molar-refractivity contribution in [3.8, 4) is 0 Å². The van der Waals surface area contributed by atoms with E-state index in [1.165, 1.54) is 0 Å². The normalized spacial score (nSPS) is 13.9. The van der Waals surface area contributed by atoms with Gasteiger partial charge < -0.3 is 36.9 Å². The highest BCUT2D eigenvalue weighted by Crippen LogP contribution is 2.19. The fourth-order valence-corrected chi connectivity index (χ4v) is 3.22. The number of hydrogen-bond acceptors (Lipinski definition) is 6. The van der Waals surface area contributed by atoms with E-state index in [4.69, 9.17) is 5.73 Å². The van der Waals surface area contributed by atoms with Gasteiger partial charge in [-0.1, -0.05) is 32.0 Å². The maximum absolute atomic E-state index is 13.0. The Balaban J connectivity index is 2.28. The molecule has 0 fully saturated rings. The van der Waals surface area contributed by atoms with Crippen LogP contribution in [0.4, 0.5) is 0 Å². The van der Waals surface area contributed by atoms with Gasteiger partial charge in [-0.05, 0) is 17.5 Å². The first-order chi connectivity index (χ1) is 15.2. The van der Waals surface area contributed by atoms with E-state index in [1.807, 2.05) is 24.3 Å². The molecule has 0 aliphatic carbocycles. The molecular weight excluding hydrogens is 418 g/mol. The Morgan fingerprint density at radius 3 is 2.28 bits per heavy atom. The van der Waals surface area contributed by atoms with Crippen molar-refractivity contribution in [3.05, 3.63) is 36.0 Å². The van der Waals surface area contributed by atoms with Gasteiger partial charge in [-0.3, -0.25) is 14.4 Å². The number of carboxylic acid groups (broad SMARTS) is 1. The van der Waals surface area contributed by atoms with Crippen molar-refractivity contribution >= 4 is 34.6 Å². The zero-order chi connectivity index (χ0) is 23.8. The average molecular weight is 447 g/mol. The molecule has 0 bridgehead atoms. The molecule has 11 heteroatoms. The Bertz CT molecular complexity index is 972. The molecule has 0 aliphatic rings. The largest absolute Gasteiger partial charge is 0.480 e. The molecule has 0 saturated carbocycles. The van der Waals surface area contributed by atoms with Crippen molar-refractivity contribution in [1.29, 1.82) is 0 Å². The monoisotopic (exact) mass is 447 g/mol. The number of carboxylic acids is 1. The van der Waals surface area contributed by atoms with Crippen molar-refractivity contribution in [2.45, 2.75) is 38.4 Å². The standard InChI is InChI=1S/C21H29N5O6/c1-11(2)18(21(31)32)26-19(29)15(25-20(30)16(10-27)24-17(28)8-22)7-12-9-23-14-6-4-3-5-13(12)14/h3-6,9,11,15-16,18,23,27H,7-8,10,22H2,1-2H3,(H,24,28)(H,25,30)(H,26,29)(H,31,32). The Kier molecular flexibility index (Phi) is 8.73. The number of benzene rings is 1. The molecule has 3 atom stereocenters. The highest BCUT2D eigenvalue weighted by molar-refractivity contribution is 5.94. The fourth-order valence-electron chi connectivity index (χ4n) is 3.22. The van der Waals surface area contributed by atoms with Gasteiger partial charge in [-0.25, -0.2) is 4.79 Å². The minimum absolute atomic E-state index is 0.0506. The van der Waals surface area contributed by atoms with Crippen LogP contribution in [0.25, 0.3) is 10.9 Å². The van der Waals surface area contributed by atoms with Crippen LogP contribution in [0.5, 0.6) is 0 Å². The number of nitrogens with one attached hydrogen (secondary N) is 4. The van der Waals surface area contributed by atoms with Crippen LogP contribution in [0.1, 0.15) is 19.4 Å². The predicted octanol–water partition coefficient (Wildman–Crippen LogP) is -1.14. The molecule has 174 valence electrons. The molecule has 2 rings (SSSR count). The van der Waals surface area contributed by atoms with Gasteiger partial charge in [0.25, 0.3) is 0 Å². The number of aliphatic carboxylic acids is 1. The molecule has 0 spiro atoms. The Morgan fingerprint density at radius 2 is 1.69 bits per heavy atom. The second-order valence-corrected chi connectivity index (χ2v) is 7.70. The summed E-state index contributed by atoms with van der Waals surface area (Å²) < 4.78 is 0. The third-order valence-corrected chi connectivity index (χ3v) is 4.98. The smallest absolute Gasteiger partial charge is 0.326 e. The third kappa shape index (κ3) is 6.28. The summed E-state index contributed by atoms with van der Waals surface area (Å²) in [5, 5.41) is 27.0. The van der Waals surface area contributed by atoms with Gasteiger partial charge >= 0.3 is 5.97 Å². The van der Waals surface area contributed by atoms with Crippen LogP contribution in [-0.2, 0) is 25.6 Å². The second-order valence-electron chi connectivity index (χ2n) is 7.70. The molecule has 11 nitrogen and oxygen atoms in total. The first-order valence-corrected chi connectivity index (χ1v) is 10.2. The lowest BCUT2D eigenvalue weighted by atomic mass is 10.0. The summed E-state index contributed by atoms with van der Waals surface area (Å²) in [7, 11) is 0. The molecule has 0 radical (unpaired) electrons. The van der Waals surface area contributed by atoms with E-state index in [9.17, 15) is 29.4 Å². The summed E-state index contributed by atoms with van der Waals surface area (Å²) in [4.78, 5) is 51.8. The number of aliphatic hydroxyl groups is 1. The predicted molar refractivity (Wildman–Crippen MR) is 116 cm³/mol. The van der Waals surface area contributed by atoms with Crippen molar-refractivity contribution in [3.63, 3.8) is 0 Å². The number of rotatable bonds is 11. The van der Waals surface area contributed by atoms with Crippen molar-refractivity contribution in [2.75, 3.05) is 13.2 Å². The van der Waals surface area contributed by atoms with E-state index >= 15 is 0 Å². The average Bonchev–Trinajstić information content (AvgIpc) is 3.17. The lowest BCUT2D eigenvalue weighted by Gasteiger charge is -2.25. The molecule has 2 aromatic rings. The van der Waals surface area contributed by atoms with Crippen LogP contribution in [0.2, 0.25) is 0 Å². The molecule has 3 amide bonds. The van der Waals surface area contributed by atoms with Gasteiger partial charge in [0.05, 0.1) is 13.2 Å². The van der Waals surface area contributed by atoms with E-state index in [-0.39, 0.29) is 13.0 Å². The van der Waals surface area contributed by atoms with Crippen LogP contribution in [0, 0.1) is 5.92 Å². The van der Waals surface area contributed by atoms with E-state index in [1.54, 1.807) is 20.0 Å². The molecule has 1 aromatic carbocycles. The van der Waals surface area contributed by atoms with E-state index < -0.39 is 54.3 Å². The first kappa shape index (κ1) is 24.8. The molecule has 8 N–H and O–H groups in total. The van der Waals surface area contributed by atoms with E-state index in [2.05, 4.69) is 20.9 Å². The summed E-state index contributed by atoms with van der Waals surface area (Å²) in [6.07, 6.45) is 1.75. The second kappa shape index (κ2) is 11.3. The van der Waals surface area contributed by atoms with Gasteiger partial charge in [-0.2, -0.15) is 0 Å².